The Hall–Kier alpha value is -0.860. The first-order valence-corrected chi connectivity index (χ1v) is 7.17. The number of piperidine rings is 1. The Morgan fingerprint density at radius 1 is 1.33 bits per heavy atom. The largest absolute Gasteiger partial charge is 0.384 e. The van der Waals surface area contributed by atoms with Crippen LogP contribution in [0.15, 0.2) is 24.3 Å². The smallest absolute Gasteiger partial charge is 0.0559 e. The van der Waals surface area contributed by atoms with Crippen molar-refractivity contribution in [3.8, 4) is 0 Å². The summed E-state index contributed by atoms with van der Waals surface area (Å²) in [4.78, 5) is 0. The minimum Gasteiger partial charge on any atom is -0.384 e. The maximum Gasteiger partial charge on any atom is 0.0559 e. The zero-order valence-electron chi connectivity index (χ0n) is 11.2. The normalized spacial score (nSPS) is 25.9. The number of hydrogen-bond acceptors (Lipinski definition) is 2. The van der Waals surface area contributed by atoms with E-state index in [4.69, 9.17) is 4.74 Å². The van der Waals surface area contributed by atoms with Gasteiger partial charge in [0.1, 0.15) is 0 Å². The summed E-state index contributed by atoms with van der Waals surface area (Å²) < 4.78 is 5.39. The lowest BCUT2D eigenvalue weighted by atomic mass is 9.91. The Morgan fingerprint density at radius 2 is 2.22 bits per heavy atom. The van der Waals surface area contributed by atoms with Gasteiger partial charge < -0.3 is 10.1 Å². The fraction of sp³-hybridized carbons (Fsp3) is 0.625. The highest BCUT2D eigenvalue weighted by molar-refractivity contribution is 5.36. The molecule has 0 amide bonds. The van der Waals surface area contributed by atoms with Crippen LogP contribution in [0.3, 0.4) is 0 Å². The lowest BCUT2D eigenvalue weighted by molar-refractivity contribution is 0.171. The van der Waals surface area contributed by atoms with Gasteiger partial charge in [-0.05, 0) is 43.4 Å². The third kappa shape index (κ3) is 2.32. The average Bonchev–Trinajstić information content (AvgIpc) is 3.21. The van der Waals surface area contributed by atoms with Crippen LogP contribution in [0.5, 0.6) is 0 Å². The maximum atomic E-state index is 5.39. The molecule has 1 aliphatic carbocycles. The summed E-state index contributed by atoms with van der Waals surface area (Å²) in [6.07, 6.45) is 6.51. The molecule has 2 nitrogen and oxygen atoms in total. The molecule has 0 aromatic heterocycles. The molecule has 1 aromatic carbocycles. The molecule has 1 saturated heterocycles. The Balaban J connectivity index is 1.80. The first-order valence-electron chi connectivity index (χ1n) is 7.17. The molecule has 1 aromatic rings. The molecule has 1 unspecified atom stereocenters. The van der Waals surface area contributed by atoms with Crippen LogP contribution in [-0.2, 0) is 10.2 Å². The number of rotatable bonds is 4. The maximum absolute atomic E-state index is 5.39. The molecule has 1 N–H and O–H groups in total. The van der Waals surface area contributed by atoms with Crippen LogP contribution < -0.4 is 5.32 Å². The number of nitrogens with one attached hydrogen (secondary N) is 1. The van der Waals surface area contributed by atoms with Gasteiger partial charge in [-0.15, -0.1) is 0 Å². The number of benzene rings is 1. The van der Waals surface area contributed by atoms with Crippen LogP contribution in [0.25, 0.3) is 0 Å². The van der Waals surface area contributed by atoms with Crippen molar-refractivity contribution in [2.24, 2.45) is 0 Å². The summed E-state index contributed by atoms with van der Waals surface area (Å²) in [5.74, 6) is 0. The number of ether oxygens (including phenoxy) is 1. The lowest BCUT2D eigenvalue weighted by Crippen LogP contribution is -2.27. The third-order valence-corrected chi connectivity index (χ3v) is 4.49. The van der Waals surface area contributed by atoms with Crippen molar-refractivity contribution >= 4 is 0 Å². The molecule has 2 fully saturated rings. The summed E-state index contributed by atoms with van der Waals surface area (Å²) in [5.41, 5.74) is 3.28. The summed E-state index contributed by atoms with van der Waals surface area (Å²) >= 11 is 0. The van der Waals surface area contributed by atoms with Crippen LogP contribution in [0.1, 0.15) is 49.3 Å². The van der Waals surface area contributed by atoms with Crippen molar-refractivity contribution in [1.82, 2.24) is 5.32 Å². The molecule has 2 aliphatic rings. The average molecular weight is 245 g/mol. The van der Waals surface area contributed by atoms with E-state index >= 15 is 0 Å². The molecule has 1 atom stereocenters. The quantitative estimate of drug-likeness (QED) is 0.879. The van der Waals surface area contributed by atoms with Crippen LogP contribution in [-0.4, -0.2) is 20.3 Å². The van der Waals surface area contributed by atoms with Gasteiger partial charge in [-0.2, -0.15) is 0 Å². The highest BCUT2D eigenvalue weighted by Crippen LogP contribution is 2.48. The molecular weight excluding hydrogens is 222 g/mol. The van der Waals surface area contributed by atoms with E-state index in [0.29, 0.717) is 11.5 Å². The summed E-state index contributed by atoms with van der Waals surface area (Å²) in [7, 11) is 1.81. The van der Waals surface area contributed by atoms with E-state index in [1.54, 1.807) is 0 Å². The molecule has 18 heavy (non-hydrogen) atoms. The Labute approximate surface area is 110 Å². The lowest BCUT2D eigenvalue weighted by Gasteiger charge is -2.25. The minimum absolute atomic E-state index is 0.333. The minimum atomic E-state index is 0.333. The molecule has 1 saturated carbocycles. The Kier molecular flexibility index (Phi) is 3.40. The molecule has 98 valence electrons. The van der Waals surface area contributed by atoms with Crippen LogP contribution >= 0.6 is 0 Å². The fourth-order valence-corrected chi connectivity index (χ4v) is 3.17. The van der Waals surface area contributed by atoms with Gasteiger partial charge in [0.25, 0.3) is 0 Å². The first-order chi connectivity index (χ1) is 8.84. The molecule has 0 bridgehead atoms. The van der Waals surface area contributed by atoms with E-state index < -0.39 is 0 Å². The van der Waals surface area contributed by atoms with Crippen molar-refractivity contribution in [2.45, 2.75) is 43.6 Å². The van der Waals surface area contributed by atoms with Gasteiger partial charge in [-0.1, -0.05) is 30.7 Å². The van der Waals surface area contributed by atoms with Gasteiger partial charge in [0.2, 0.25) is 0 Å². The van der Waals surface area contributed by atoms with E-state index in [1.807, 2.05) is 7.11 Å². The molecule has 3 rings (SSSR count). The second kappa shape index (κ2) is 5.02. The van der Waals surface area contributed by atoms with E-state index in [-0.39, 0.29) is 0 Å². The predicted octanol–water partition coefficient (Wildman–Crippen LogP) is 3.18. The van der Waals surface area contributed by atoms with Crippen molar-refractivity contribution in [2.75, 3.05) is 20.3 Å². The van der Waals surface area contributed by atoms with E-state index in [9.17, 15) is 0 Å². The molecule has 2 heteroatoms. The highest BCUT2D eigenvalue weighted by atomic mass is 16.5. The molecule has 0 radical (unpaired) electrons. The molecule has 1 aliphatic heterocycles. The topological polar surface area (TPSA) is 21.3 Å². The SMILES string of the molecule is COCC1(c2cccc(C3CCCCN3)c2)CC1. The van der Waals surface area contributed by atoms with Crippen molar-refractivity contribution in [3.63, 3.8) is 0 Å². The Morgan fingerprint density at radius 3 is 2.89 bits per heavy atom. The molecular formula is C16H23NO. The van der Waals surface area contributed by atoms with Crippen LogP contribution in [0.4, 0.5) is 0 Å². The number of hydrogen-bond donors (Lipinski definition) is 1. The Bertz CT molecular complexity index is 405. The number of methoxy groups -OCH3 is 1. The standard InChI is InChI=1S/C16H23NO/c1-18-12-16(8-9-16)14-6-4-5-13(11-14)15-7-2-3-10-17-15/h4-6,11,15,17H,2-3,7-10,12H2,1H3. The van der Waals surface area contributed by atoms with Gasteiger partial charge in [-0.3, -0.25) is 0 Å². The van der Waals surface area contributed by atoms with Gasteiger partial charge in [0.05, 0.1) is 6.61 Å². The van der Waals surface area contributed by atoms with Crippen molar-refractivity contribution in [1.29, 1.82) is 0 Å². The van der Waals surface area contributed by atoms with Gasteiger partial charge in [0, 0.05) is 18.6 Å². The van der Waals surface area contributed by atoms with E-state index in [0.717, 1.165) is 13.2 Å². The molecule has 1 heterocycles. The van der Waals surface area contributed by atoms with E-state index in [2.05, 4.69) is 29.6 Å². The first kappa shape index (κ1) is 12.2. The summed E-state index contributed by atoms with van der Waals surface area (Å²) in [5, 5.41) is 3.64. The zero-order chi connectivity index (χ0) is 12.4. The second-order valence-corrected chi connectivity index (χ2v) is 5.84. The predicted molar refractivity (Wildman–Crippen MR) is 73.8 cm³/mol. The summed E-state index contributed by atoms with van der Waals surface area (Å²) in [6, 6.07) is 9.75. The van der Waals surface area contributed by atoms with E-state index in [1.165, 1.54) is 43.2 Å². The zero-order valence-corrected chi connectivity index (χ0v) is 11.2. The van der Waals surface area contributed by atoms with Crippen molar-refractivity contribution in [3.05, 3.63) is 35.4 Å². The van der Waals surface area contributed by atoms with Gasteiger partial charge >= 0.3 is 0 Å². The molecule has 0 spiro atoms. The monoisotopic (exact) mass is 245 g/mol. The van der Waals surface area contributed by atoms with Gasteiger partial charge in [-0.25, -0.2) is 0 Å². The van der Waals surface area contributed by atoms with Crippen LogP contribution in [0, 0.1) is 0 Å². The third-order valence-electron chi connectivity index (χ3n) is 4.49. The second-order valence-electron chi connectivity index (χ2n) is 5.84. The van der Waals surface area contributed by atoms with Gasteiger partial charge in [0.15, 0.2) is 0 Å². The van der Waals surface area contributed by atoms with Crippen LogP contribution in [0.2, 0.25) is 0 Å². The van der Waals surface area contributed by atoms with Crippen molar-refractivity contribution < 1.29 is 4.74 Å². The fourth-order valence-electron chi connectivity index (χ4n) is 3.17. The summed E-state index contributed by atoms with van der Waals surface area (Å²) in [6.45, 7) is 2.03. The highest BCUT2D eigenvalue weighted by Gasteiger charge is 2.44.